The lowest BCUT2D eigenvalue weighted by Gasteiger charge is -2.46. The van der Waals surface area contributed by atoms with E-state index in [2.05, 4.69) is 16.0 Å². The highest BCUT2D eigenvalue weighted by atomic mass is 19.1. The number of nitrogens with one attached hydrogen (secondary N) is 3. The maximum absolute atomic E-state index is 13.6. The quantitative estimate of drug-likeness (QED) is 0.316. The molecule has 3 amide bonds. The number of rotatable bonds is 7. The molecule has 2 aromatic rings. The van der Waals surface area contributed by atoms with Crippen LogP contribution in [0, 0.1) is 26.6 Å². The third-order valence-electron chi connectivity index (χ3n) is 8.28. The lowest BCUT2D eigenvalue weighted by molar-refractivity contribution is -0.137. The van der Waals surface area contributed by atoms with Crippen molar-refractivity contribution in [1.82, 2.24) is 15.2 Å². The van der Waals surface area contributed by atoms with Gasteiger partial charge in [-0.1, -0.05) is 19.3 Å². The summed E-state index contributed by atoms with van der Waals surface area (Å²) in [5, 5.41) is 18.2. The molecule has 4 N–H and O–H groups in total. The molecule has 0 saturated heterocycles. The SMILES string of the molecule is Cc1cc(NC(=O)c2c(C)c(C(=O)C(=O)NC3(C(=O)NC4(C)CC(O)C4)CCCCC3)n(C)c2C)ccc1F. The Morgan fingerprint density at radius 1 is 1.03 bits per heavy atom. The van der Waals surface area contributed by atoms with Gasteiger partial charge in [0, 0.05) is 24.0 Å². The minimum Gasteiger partial charge on any atom is -0.393 e. The third kappa shape index (κ3) is 5.48. The van der Waals surface area contributed by atoms with E-state index >= 15 is 0 Å². The molecule has 1 aromatic heterocycles. The molecule has 39 heavy (non-hydrogen) atoms. The lowest BCUT2D eigenvalue weighted by atomic mass is 9.74. The Balaban J connectivity index is 1.56. The number of hydrogen-bond donors (Lipinski definition) is 4. The van der Waals surface area contributed by atoms with Gasteiger partial charge >= 0.3 is 0 Å². The number of aromatic nitrogens is 1. The highest BCUT2D eigenvalue weighted by Crippen LogP contribution is 2.35. The number of carbonyl (C=O) groups is 4. The van der Waals surface area contributed by atoms with E-state index in [0.29, 0.717) is 48.2 Å². The molecule has 2 aliphatic rings. The fourth-order valence-electron chi connectivity index (χ4n) is 5.97. The molecule has 2 fully saturated rings. The van der Waals surface area contributed by atoms with Gasteiger partial charge in [-0.3, -0.25) is 19.2 Å². The maximum atomic E-state index is 13.6. The molecule has 9 nitrogen and oxygen atoms in total. The molecule has 1 aromatic carbocycles. The van der Waals surface area contributed by atoms with Crippen molar-refractivity contribution < 1.29 is 28.7 Å². The molecule has 210 valence electrons. The summed E-state index contributed by atoms with van der Waals surface area (Å²) in [7, 11) is 1.60. The largest absolute Gasteiger partial charge is 0.393 e. The monoisotopic (exact) mass is 540 g/mol. The Kier molecular flexibility index (Phi) is 7.71. The predicted octanol–water partition coefficient (Wildman–Crippen LogP) is 3.37. The van der Waals surface area contributed by atoms with Crippen molar-refractivity contribution in [3.63, 3.8) is 0 Å². The second-order valence-electron chi connectivity index (χ2n) is 11.4. The average Bonchev–Trinajstić information content (AvgIpc) is 3.08. The first-order chi connectivity index (χ1) is 18.3. The number of aryl methyl sites for hydroxylation is 1. The van der Waals surface area contributed by atoms with Crippen LogP contribution in [0.15, 0.2) is 18.2 Å². The lowest BCUT2D eigenvalue weighted by Crippen LogP contribution is -2.67. The predicted molar refractivity (Wildman–Crippen MR) is 144 cm³/mol. The second kappa shape index (κ2) is 10.6. The van der Waals surface area contributed by atoms with E-state index in [4.69, 9.17) is 0 Å². The summed E-state index contributed by atoms with van der Waals surface area (Å²) < 4.78 is 15.2. The van der Waals surface area contributed by atoms with Gasteiger partial charge in [0.25, 0.3) is 17.6 Å². The van der Waals surface area contributed by atoms with Gasteiger partial charge in [0.05, 0.1) is 17.4 Å². The topological polar surface area (TPSA) is 130 Å². The van der Waals surface area contributed by atoms with Crippen LogP contribution >= 0.6 is 0 Å². The number of nitrogens with zero attached hydrogens (tertiary/aromatic N) is 1. The number of Topliss-reactive ketones (excluding diaryl/α,β-unsaturated/α-hetero) is 1. The van der Waals surface area contributed by atoms with Crippen molar-refractivity contribution in [3.05, 3.63) is 52.1 Å². The fraction of sp³-hybridized carbons (Fsp3) is 0.517. The maximum Gasteiger partial charge on any atom is 0.294 e. The Morgan fingerprint density at radius 2 is 1.67 bits per heavy atom. The van der Waals surface area contributed by atoms with Crippen molar-refractivity contribution in [3.8, 4) is 0 Å². The number of aliphatic hydroxyl groups excluding tert-OH is 1. The van der Waals surface area contributed by atoms with E-state index in [1.54, 1.807) is 27.8 Å². The van der Waals surface area contributed by atoms with Crippen molar-refractivity contribution in [2.24, 2.45) is 7.05 Å². The van der Waals surface area contributed by atoms with E-state index in [0.717, 1.165) is 19.3 Å². The fourth-order valence-corrected chi connectivity index (χ4v) is 5.97. The molecule has 4 rings (SSSR count). The van der Waals surface area contributed by atoms with Crippen LogP contribution in [0.25, 0.3) is 0 Å². The third-order valence-corrected chi connectivity index (χ3v) is 8.28. The molecule has 2 aliphatic carbocycles. The molecular weight excluding hydrogens is 503 g/mol. The van der Waals surface area contributed by atoms with Crippen LogP contribution < -0.4 is 16.0 Å². The molecule has 0 unspecified atom stereocenters. The number of halogens is 1. The number of carbonyl (C=O) groups excluding carboxylic acids is 4. The second-order valence-corrected chi connectivity index (χ2v) is 11.4. The van der Waals surface area contributed by atoms with Gasteiger partial charge in [0.1, 0.15) is 11.4 Å². The van der Waals surface area contributed by atoms with Gasteiger partial charge in [0.15, 0.2) is 0 Å². The van der Waals surface area contributed by atoms with Crippen molar-refractivity contribution in [2.45, 2.75) is 89.8 Å². The van der Waals surface area contributed by atoms with E-state index in [9.17, 15) is 28.7 Å². The molecule has 0 radical (unpaired) electrons. The van der Waals surface area contributed by atoms with Crippen LogP contribution in [0.5, 0.6) is 0 Å². The molecule has 1 heterocycles. The molecule has 0 atom stereocenters. The normalized spacial score (nSPS) is 22.0. The number of amides is 3. The summed E-state index contributed by atoms with van der Waals surface area (Å²) in [5.74, 6) is -2.95. The summed E-state index contributed by atoms with van der Waals surface area (Å²) in [6.07, 6.45) is 3.62. The molecule has 2 saturated carbocycles. The molecule has 10 heteroatoms. The van der Waals surface area contributed by atoms with Gasteiger partial charge in [-0.25, -0.2) is 4.39 Å². The highest BCUT2D eigenvalue weighted by Gasteiger charge is 2.48. The van der Waals surface area contributed by atoms with Crippen LogP contribution in [0.2, 0.25) is 0 Å². The first kappa shape index (κ1) is 28.5. The van der Waals surface area contributed by atoms with E-state index in [1.165, 1.54) is 22.8 Å². The van der Waals surface area contributed by atoms with Crippen LogP contribution in [0.4, 0.5) is 10.1 Å². The molecule has 0 bridgehead atoms. The zero-order valence-corrected chi connectivity index (χ0v) is 23.2. The number of aliphatic hydroxyl groups is 1. The zero-order chi connectivity index (χ0) is 28.7. The van der Waals surface area contributed by atoms with Crippen molar-refractivity contribution in [2.75, 3.05) is 5.32 Å². The number of anilines is 1. The molecular formula is C29H37FN4O5. The van der Waals surface area contributed by atoms with E-state index in [-0.39, 0.29) is 23.0 Å². The van der Waals surface area contributed by atoms with Crippen LogP contribution in [-0.4, -0.2) is 50.4 Å². The standard InChI is InChI=1S/C29H37FN4O5/c1-16-13-19(9-10-21(16)30)31-25(37)22-17(2)23(34(5)18(22)3)24(36)26(38)32-29(11-7-6-8-12-29)27(39)33-28(4)14-20(35)15-28/h9-10,13,20,35H,6-8,11-12,14-15H2,1-5H3,(H,31,37)(H,32,38)(H,33,39). The first-order valence-electron chi connectivity index (χ1n) is 13.4. The minimum atomic E-state index is -1.22. The van der Waals surface area contributed by atoms with Gasteiger partial charge in [0.2, 0.25) is 5.91 Å². The number of benzene rings is 1. The highest BCUT2D eigenvalue weighted by molar-refractivity contribution is 6.43. The van der Waals surface area contributed by atoms with Gasteiger partial charge in [-0.2, -0.15) is 0 Å². The van der Waals surface area contributed by atoms with Crippen LogP contribution in [0.1, 0.15) is 89.5 Å². The van der Waals surface area contributed by atoms with Crippen molar-refractivity contribution in [1.29, 1.82) is 0 Å². The van der Waals surface area contributed by atoms with E-state index in [1.807, 2.05) is 6.92 Å². The summed E-state index contributed by atoms with van der Waals surface area (Å²) in [5.41, 5.74) is 0.153. The van der Waals surface area contributed by atoms with Crippen molar-refractivity contribution >= 4 is 29.2 Å². The van der Waals surface area contributed by atoms with Gasteiger partial charge in [-0.15, -0.1) is 0 Å². The Hall–Kier alpha value is -3.53. The van der Waals surface area contributed by atoms with Crippen LogP contribution in [0.3, 0.4) is 0 Å². The smallest absolute Gasteiger partial charge is 0.294 e. The molecule has 0 aliphatic heterocycles. The summed E-state index contributed by atoms with van der Waals surface area (Å²) >= 11 is 0. The summed E-state index contributed by atoms with van der Waals surface area (Å²) in [4.78, 5) is 53.4. The van der Waals surface area contributed by atoms with Gasteiger partial charge < -0.3 is 25.6 Å². The van der Waals surface area contributed by atoms with E-state index < -0.39 is 34.8 Å². The Labute approximate surface area is 227 Å². The summed E-state index contributed by atoms with van der Waals surface area (Å²) in [6, 6.07) is 4.23. The summed E-state index contributed by atoms with van der Waals surface area (Å²) in [6.45, 7) is 6.73. The van der Waals surface area contributed by atoms with Gasteiger partial charge in [-0.05, 0) is 82.7 Å². The Bertz CT molecular complexity index is 1340. The average molecular weight is 541 g/mol. The number of hydrogen-bond acceptors (Lipinski definition) is 5. The minimum absolute atomic E-state index is 0.0610. The zero-order valence-electron chi connectivity index (χ0n) is 23.2. The Morgan fingerprint density at radius 3 is 2.26 bits per heavy atom. The van der Waals surface area contributed by atoms with Crippen LogP contribution in [-0.2, 0) is 16.6 Å². The first-order valence-corrected chi connectivity index (χ1v) is 13.4. The number of ketones is 1. The molecule has 0 spiro atoms.